The van der Waals surface area contributed by atoms with E-state index in [1.165, 1.54) is 0 Å². The first kappa shape index (κ1) is 16.2. The van der Waals surface area contributed by atoms with Crippen LogP contribution in [0.2, 0.25) is 5.15 Å². The van der Waals surface area contributed by atoms with E-state index in [1.54, 1.807) is 0 Å². The first-order chi connectivity index (χ1) is 9.92. The number of hydrogen-bond donors (Lipinski definition) is 1. The van der Waals surface area contributed by atoms with Gasteiger partial charge in [0, 0.05) is 22.1 Å². The lowest BCUT2D eigenvalue weighted by atomic mass is 10.1. The molecule has 0 saturated carbocycles. The van der Waals surface area contributed by atoms with Gasteiger partial charge >= 0.3 is 0 Å². The standard InChI is InChI=1S/C16H19BrClN3/c1-5-6-13-19-15(18)11(4)16(20-13)21-14-9(2)7-12(17)8-10(14)3/h7-8H,5-6H2,1-4H3,(H,19,20,21). The molecule has 0 bridgehead atoms. The van der Waals surface area contributed by atoms with Crippen molar-refractivity contribution in [3.63, 3.8) is 0 Å². The third kappa shape index (κ3) is 3.74. The van der Waals surface area contributed by atoms with Gasteiger partial charge < -0.3 is 5.32 Å². The van der Waals surface area contributed by atoms with Crippen molar-refractivity contribution in [2.24, 2.45) is 0 Å². The molecule has 1 heterocycles. The monoisotopic (exact) mass is 367 g/mol. The van der Waals surface area contributed by atoms with Crippen LogP contribution in [-0.4, -0.2) is 9.97 Å². The minimum Gasteiger partial charge on any atom is -0.339 e. The highest BCUT2D eigenvalue weighted by molar-refractivity contribution is 9.10. The Morgan fingerprint density at radius 3 is 2.33 bits per heavy atom. The maximum absolute atomic E-state index is 6.23. The minimum atomic E-state index is 0.517. The van der Waals surface area contributed by atoms with Gasteiger partial charge in [-0.05, 0) is 50.5 Å². The van der Waals surface area contributed by atoms with E-state index in [9.17, 15) is 0 Å². The number of aromatic nitrogens is 2. The Hall–Kier alpha value is -1.13. The molecule has 0 spiro atoms. The summed E-state index contributed by atoms with van der Waals surface area (Å²) in [4.78, 5) is 8.93. The van der Waals surface area contributed by atoms with Crippen molar-refractivity contribution in [2.45, 2.75) is 40.5 Å². The molecule has 2 rings (SSSR count). The van der Waals surface area contributed by atoms with E-state index < -0.39 is 0 Å². The molecule has 3 nitrogen and oxygen atoms in total. The van der Waals surface area contributed by atoms with Crippen molar-refractivity contribution in [1.29, 1.82) is 0 Å². The van der Waals surface area contributed by atoms with E-state index >= 15 is 0 Å². The normalized spacial score (nSPS) is 10.8. The van der Waals surface area contributed by atoms with E-state index in [-0.39, 0.29) is 0 Å². The zero-order valence-corrected chi connectivity index (χ0v) is 15.1. The van der Waals surface area contributed by atoms with Gasteiger partial charge in [-0.3, -0.25) is 0 Å². The average Bonchev–Trinajstić information content (AvgIpc) is 2.39. The summed E-state index contributed by atoms with van der Waals surface area (Å²) in [6.45, 7) is 8.19. The Labute approximate surface area is 139 Å². The number of rotatable bonds is 4. The Morgan fingerprint density at radius 2 is 1.76 bits per heavy atom. The number of benzene rings is 1. The van der Waals surface area contributed by atoms with Crippen molar-refractivity contribution < 1.29 is 0 Å². The number of aryl methyl sites for hydroxylation is 3. The van der Waals surface area contributed by atoms with Crippen molar-refractivity contribution in [2.75, 3.05) is 5.32 Å². The van der Waals surface area contributed by atoms with Gasteiger partial charge in [-0.1, -0.05) is 34.5 Å². The predicted octanol–water partition coefficient (Wildman–Crippen LogP) is 5.51. The van der Waals surface area contributed by atoms with Crippen LogP contribution < -0.4 is 5.32 Å². The van der Waals surface area contributed by atoms with Crippen LogP contribution in [0.3, 0.4) is 0 Å². The molecule has 0 radical (unpaired) electrons. The average molecular weight is 369 g/mol. The van der Waals surface area contributed by atoms with Crippen molar-refractivity contribution >= 4 is 39.0 Å². The topological polar surface area (TPSA) is 37.8 Å². The van der Waals surface area contributed by atoms with E-state index in [2.05, 4.69) is 64.1 Å². The molecule has 2 aromatic rings. The fraction of sp³-hybridized carbons (Fsp3) is 0.375. The number of nitrogens with one attached hydrogen (secondary N) is 1. The zero-order valence-electron chi connectivity index (χ0n) is 12.7. The molecule has 0 saturated heterocycles. The second-order valence-electron chi connectivity index (χ2n) is 5.19. The maximum Gasteiger partial charge on any atom is 0.138 e. The zero-order chi connectivity index (χ0) is 15.6. The van der Waals surface area contributed by atoms with Gasteiger partial charge in [-0.25, -0.2) is 9.97 Å². The fourth-order valence-corrected chi connectivity index (χ4v) is 3.09. The fourth-order valence-electron chi connectivity index (χ4n) is 2.22. The summed E-state index contributed by atoms with van der Waals surface area (Å²) in [6.07, 6.45) is 1.82. The molecule has 5 heteroatoms. The molecule has 1 N–H and O–H groups in total. The summed E-state index contributed by atoms with van der Waals surface area (Å²) in [7, 11) is 0. The lowest BCUT2D eigenvalue weighted by molar-refractivity contribution is 0.833. The first-order valence-corrected chi connectivity index (χ1v) is 8.16. The summed E-state index contributed by atoms with van der Waals surface area (Å²) in [6, 6.07) is 4.17. The third-order valence-corrected chi connectivity index (χ3v) is 4.17. The van der Waals surface area contributed by atoms with Crippen LogP contribution in [0.5, 0.6) is 0 Å². The molecule has 0 aliphatic carbocycles. The van der Waals surface area contributed by atoms with Crippen LogP contribution >= 0.6 is 27.5 Å². The molecule has 21 heavy (non-hydrogen) atoms. The largest absolute Gasteiger partial charge is 0.339 e. The Bertz CT molecular complexity index is 648. The van der Waals surface area contributed by atoms with Gasteiger partial charge in [0.15, 0.2) is 0 Å². The molecule has 0 aliphatic rings. The molecule has 112 valence electrons. The summed E-state index contributed by atoms with van der Waals surface area (Å²) in [5.41, 5.74) is 4.26. The van der Waals surface area contributed by atoms with Gasteiger partial charge in [-0.2, -0.15) is 0 Å². The molecule has 0 atom stereocenters. The molecule has 0 aliphatic heterocycles. The SMILES string of the molecule is CCCc1nc(Cl)c(C)c(Nc2c(C)cc(Br)cc2C)n1. The van der Waals surface area contributed by atoms with Crippen LogP contribution in [0.25, 0.3) is 0 Å². The molecular formula is C16H19BrClN3. The quantitative estimate of drug-likeness (QED) is 0.723. The number of anilines is 2. The maximum atomic E-state index is 6.23. The lowest BCUT2D eigenvalue weighted by Gasteiger charge is -2.15. The molecule has 1 aromatic carbocycles. The predicted molar refractivity (Wildman–Crippen MR) is 92.7 cm³/mol. The van der Waals surface area contributed by atoms with Crippen LogP contribution in [0.1, 0.15) is 35.9 Å². The van der Waals surface area contributed by atoms with Gasteiger partial charge in [0.25, 0.3) is 0 Å². The third-order valence-electron chi connectivity index (χ3n) is 3.35. The summed E-state index contributed by atoms with van der Waals surface area (Å²) >= 11 is 9.74. The van der Waals surface area contributed by atoms with Gasteiger partial charge in [0.05, 0.1) is 0 Å². The molecule has 1 aromatic heterocycles. The highest BCUT2D eigenvalue weighted by Gasteiger charge is 2.12. The van der Waals surface area contributed by atoms with Gasteiger partial charge in [0.2, 0.25) is 0 Å². The second kappa shape index (κ2) is 6.75. The van der Waals surface area contributed by atoms with E-state index in [0.29, 0.717) is 5.15 Å². The minimum absolute atomic E-state index is 0.517. The lowest BCUT2D eigenvalue weighted by Crippen LogP contribution is -2.05. The van der Waals surface area contributed by atoms with Crippen LogP contribution in [0.15, 0.2) is 16.6 Å². The molecule has 0 amide bonds. The Morgan fingerprint density at radius 1 is 1.14 bits per heavy atom. The van der Waals surface area contributed by atoms with Crippen LogP contribution in [0, 0.1) is 20.8 Å². The second-order valence-corrected chi connectivity index (χ2v) is 6.47. The van der Waals surface area contributed by atoms with Crippen molar-refractivity contribution in [3.05, 3.63) is 44.3 Å². The van der Waals surface area contributed by atoms with E-state index in [1.807, 2.05) is 6.92 Å². The first-order valence-electron chi connectivity index (χ1n) is 6.99. The number of hydrogen-bond acceptors (Lipinski definition) is 3. The van der Waals surface area contributed by atoms with Gasteiger partial charge in [0.1, 0.15) is 16.8 Å². The molecular weight excluding hydrogens is 350 g/mol. The van der Waals surface area contributed by atoms with E-state index in [0.717, 1.165) is 51.3 Å². The van der Waals surface area contributed by atoms with Crippen molar-refractivity contribution in [1.82, 2.24) is 9.97 Å². The molecule has 0 fully saturated rings. The smallest absolute Gasteiger partial charge is 0.138 e. The van der Waals surface area contributed by atoms with E-state index in [4.69, 9.17) is 11.6 Å². The molecule has 0 unspecified atom stereocenters. The van der Waals surface area contributed by atoms with Crippen LogP contribution in [0.4, 0.5) is 11.5 Å². The highest BCUT2D eigenvalue weighted by Crippen LogP contribution is 2.30. The highest BCUT2D eigenvalue weighted by atomic mass is 79.9. The Kier molecular flexibility index (Phi) is 5.22. The summed E-state index contributed by atoms with van der Waals surface area (Å²) < 4.78 is 1.08. The van der Waals surface area contributed by atoms with Crippen molar-refractivity contribution in [3.8, 4) is 0 Å². The number of halogens is 2. The summed E-state index contributed by atoms with van der Waals surface area (Å²) in [5, 5.41) is 3.94. The summed E-state index contributed by atoms with van der Waals surface area (Å²) in [5.74, 6) is 1.56. The van der Waals surface area contributed by atoms with Crippen LogP contribution in [-0.2, 0) is 6.42 Å². The van der Waals surface area contributed by atoms with Gasteiger partial charge in [-0.15, -0.1) is 0 Å². The number of nitrogens with zero attached hydrogens (tertiary/aromatic N) is 2. The Balaban J connectivity index is 2.44.